The molecular weight excluding hydrogens is 415 g/mol. The summed E-state index contributed by atoms with van der Waals surface area (Å²) < 4.78 is 22.3. The fourth-order valence-corrected chi connectivity index (χ4v) is 3.31. The molecule has 32 heavy (non-hydrogen) atoms. The van der Waals surface area contributed by atoms with Crippen molar-refractivity contribution in [1.29, 1.82) is 0 Å². The maximum absolute atomic E-state index is 13.2. The van der Waals surface area contributed by atoms with Crippen LogP contribution >= 0.6 is 0 Å². The first-order valence-electron chi connectivity index (χ1n) is 9.73. The second-order valence-corrected chi connectivity index (χ2v) is 7.17. The van der Waals surface area contributed by atoms with Crippen molar-refractivity contribution >= 4 is 23.3 Å². The summed E-state index contributed by atoms with van der Waals surface area (Å²) in [5.41, 5.74) is 3.76. The maximum Gasteiger partial charge on any atom is 0.332 e. The Morgan fingerprint density at radius 2 is 1.75 bits per heavy atom. The Balaban J connectivity index is 1.68. The second kappa shape index (κ2) is 8.50. The average Bonchev–Trinajstić information content (AvgIpc) is 3.13. The van der Waals surface area contributed by atoms with Crippen molar-refractivity contribution in [1.82, 2.24) is 18.7 Å². The third-order valence-corrected chi connectivity index (χ3v) is 5.11. The summed E-state index contributed by atoms with van der Waals surface area (Å²) in [6.45, 7) is 0.0191. The highest BCUT2D eigenvalue weighted by Crippen LogP contribution is 2.14. The maximum atomic E-state index is 13.2. The van der Waals surface area contributed by atoms with Gasteiger partial charge in [0.15, 0.2) is 11.2 Å². The molecule has 0 radical (unpaired) electrons. The molecule has 0 amide bonds. The topological polar surface area (TPSA) is 95.4 Å². The Morgan fingerprint density at radius 1 is 1.06 bits per heavy atom. The van der Waals surface area contributed by atoms with E-state index in [0.29, 0.717) is 11.5 Å². The first-order chi connectivity index (χ1) is 15.4. The van der Waals surface area contributed by atoms with Gasteiger partial charge in [0.25, 0.3) is 5.56 Å². The van der Waals surface area contributed by atoms with Crippen LogP contribution < -0.4 is 21.4 Å². The van der Waals surface area contributed by atoms with Crippen LogP contribution in [0.4, 0.5) is 10.3 Å². The molecule has 4 aromatic rings. The van der Waals surface area contributed by atoms with E-state index in [-0.39, 0.29) is 23.5 Å². The van der Waals surface area contributed by atoms with Gasteiger partial charge in [-0.25, -0.2) is 14.6 Å². The molecule has 0 atom stereocenters. The number of hydrogen-bond donors (Lipinski definition) is 1. The number of aryl methyl sites for hydroxylation is 2. The molecule has 1 N–H and O–H groups in total. The van der Waals surface area contributed by atoms with Crippen LogP contribution in [0.15, 0.2) is 63.2 Å². The van der Waals surface area contributed by atoms with Gasteiger partial charge in [0, 0.05) is 14.1 Å². The lowest BCUT2D eigenvalue weighted by atomic mass is 10.2. The second-order valence-electron chi connectivity index (χ2n) is 7.17. The van der Waals surface area contributed by atoms with Crippen molar-refractivity contribution in [3.63, 3.8) is 0 Å². The van der Waals surface area contributed by atoms with E-state index in [9.17, 15) is 14.0 Å². The zero-order chi connectivity index (χ0) is 22.8. The molecule has 0 aliphatic rings. The molecule has 0 aliphatic heterocycles. The summed E-state index contributed by atoms with van der Waals surface area (Å²) in [5.74, 6) is 0.654. The lowest BCUT2D eigenvalue weighted by molar-refractivity contribution is 0.415. The summed E-state index contributed by atoms with van der Waals surface area (Å²) in [7, 11) is 4.80. The lowest BCUT2D eigenvalue weighted by Gasteiger charge is -2.08. The number of imidazole rings is 1. The number of fused-ring (bicyclic) bond motifs is 1. The molecule has 2 heterocycles. The van der Waals surface area contributed by atoms with Gasteiger partial charge in [-0.05, 0) is 47.5 Å². The monoisotopic (exact) mass is 436 g/mol. The average molecular weight is 436 g/mol. The van der Waals surface area contributed by atoms with E-state index in [1.54, 1.807) is 32.0 Å². The van der Waals surface area contributed by atoms with Crippen molar-refractivity contribution in [2.75, 3.05) is 12.5 Å². The van der Waals surface area contributed by atoms with Gasteiger partial charge in [-0.15, -0.1) is 0 Å². The van der Waals surface area contributed by atoms with Crippen LogP contribution in [0.2, 0.25) is 0 Å². The summed E-state index contributed by atoms with van der Waals surface area (Å²) in [5, 5.41) is 4.17. The molecule has 0 unspecified atom stereocenters. The van der Waals surface area contributed by atoms with E-state index in [0.717, 1.165) is 15.9 Å². The Hall–Kier alpha value is -4.21. The summed E-state index contributed by atoms with van der Waals surface area (Å²) >= 11 is 0. The smallest absolute Gasteiger partial charge is 0.332 e. The zero-order valence-corrected chi connectivity index (χ0v) is 17.7. The number of hydrogen-bond acceptors (Lipinski definition) is 6. The third kappa shape index (κ3) is 3.89. The van der Waals surface area contributed by atoms with Gasteiger partial charge < -0.3 is 9.30 Å². The van der Waals surface area contributed by atoms with E-state index in [4.69, 9.17) is 4.74 Å². The highest BCUT2D eigenvalue weighted by atomic mass is 19.1. The summed E-state index contributed by atoms with van der Waals surface area (Å²) in [4.78, 5) is 30.3. The molecular formula is C22H21FN6O3. The van der Waals surface area contributed by atoms with E-state index in [2.05, 4.69) is 15.5 Å². The molecule has 0 saturated carbocycles. The number of nitrogens with zero attached hydrogens (tertiary/aromatic N) is 5. The number of aromatic nitrogens is 4. The molecule has 0 spiro atoms. The molecule has 2 aromatic carbocycles. The van der Waals surface area contributed by atoms with Crippen LogP contribution in [0, 0.1) is 5.82 Å². The predicted molar refractivity (Wildman–Crippen MR) is 120 cm³/mol. The van der Waals surface area contributed by atoms with E-state index < -0.39 is 11.2 Å². The van der Waals surface area contributed by atoms with Gasteiger partial charge in [0.05, 0.1) is 19.9 Å². The molecule has 2 aromatic heterocycles. The van der Waals surface area contributed by atoms with Gasteiger partial charge >= 0.3 is 5.69 Å². The van der Waals surface area contributed by atoms with Crippen LogP contribution in [0.1, 0.15) is 11.1 Å². The minimum absolute atomic E-state index is 0.0191. The summed E-state index contributed by atoms with van der Waals surface area (Å²) in [6.07, 6.45) is 1.60. The Labute approximate surface area is 182 Å². The van der Waals surface area contributed by atoms with Crippen LogP contribution in [0.25, 0.3) is 11.2 Å². The normalized spacial score (nSPS) is 11.4. The van der Waals surface area contributed by atoms with Gasteiger partial charge in [-0.3, -0.25) is 13.9 Å². The van der Waals surface area contributed by atoms with Crippen LogP contribution in [-0.4, -0.2) is 32.0 Å². The first-order valence-corrected chi connectivity index (χ1v) is 9.73. The number of benzene rings is 2. The number of halogens is 1. The van der Waals surface area contributed by atoms with Crippen molar-refractivity contribution in [3.8, 4) is 5.75 Å². The van der Waals surface area contributed by atoms with Crippen molar-refractivity contribution in [2.24, 2.45) is 19.2 Å². The molecule has 0 saturated heterocycles. The van der Waals surface area contributed by atoms with Gasteiger partial charge in [0.1, 0.15) is 11.6 Å². The number of anilines is 1. The fourth-order valence-electron chi connectivity index (χ4n) is 3.31. The van der Waals surface area contributed by atoms with Crippen molar-refractivity contribution < 1.29 is 9.13 Å². The Morgan fingerprint density at radius 3 is 2.41 bits per heavy atom. The highest BCUT2D eigenvalue weighted by Gasteiger charge is 2.18. The lowest BCUT2D eigenvalue weighted by Crippen LogP contribution is -2.39. The molecule has 164 valence electrons. The number of hydrazone groups is 1. The number of methoxy groups -OCH3 is 1. The largest absolute Gasteiger partial charge is 0.497 e. The third-order valence-electron chi connectivity index (χ3n) is 5.11. The summed E-state index contributed by atoms with van der Waals surface area (Å²) in [6, 6.07) is 13.0. The van der Waals surface area contributed by atoms with E-state index in [1.165, 1.54) is 28.8 Å². The minimum atomic E-state index is -0.516. The van der Waals surface area contributed by atoms with Gasteiger partial charge in [-0.1, -0.05) is 12.1 Å². The SMILES string of the molecule is COc1ccc(/C=N/Nc2nc3c(c(=O)n(Cc4ccc(F)cc4)c(=O)n3C)n2C)cc1. The minimum Gasteiger partial charge on any atom is -0.497 e. The standard InChI is InChI=1S/C22H21FN6O3/c1-27-18-19(25-21(27)26-24-12-14-6-10-17(32-3)11-7-14)28(2)22(31)29(20(18)30)13-15-4-8-16(23)9-5-15/h4-12H,13H2,1-3H3,(H,25,26)/b24-12+. The van der Waals surface area contributed by atoms with Gasteiger partial charge in [0.2, 0.25) is 5.95 Å². The molecule has 0 aliphatic carbocycles. The molecule has 0 fully saturated rings. The van der Waals surface area contributed by atoms with E-state index >= 15 is 0 Å². The van der Waals surface area contributed by atoms with Crippen LogP contribution in [0.5, 0.6) is 5.75 Å². The predicted octanol–water partition coefficient (Wildman–Crippen LogP) is 2.08. The van der Waals surface area contributed by atoms with Crippen molar-refractivity contribution in [2.45, 2.75) is 6.54 Å². The Kier molecular flexibility index (Phi) is 5.59. The highest BCUT2D eigenvalue weighted by molar-refractivity contribution is 5.80. The van der Waals surface area contributed by atoms with Crippen molar-refractivity contribution in [3.05, 3.63) is 86.3 Å². The molecule has 9 nitrogen and oxygen atoms in total. The van der Waals surface area contributed by atoms with Crippen LogP contribution in [-0.2, 0) is 20.6 Å². The Bertz CT molecular complexity index is 1420. The number of ether oxygens (including phenoxy) is 1. The molecule has 4 rings (SSSR count). The fraction of sp³-hybridized carbons (Fsp3) is 0.182. The number of nitrogens with one attached hydrogen (secondary N) is 1. The first kappa shape index (κ1) is 21.0. The number of rotatable bonds is 6. The zero-order valence-electron chi connectivity index (χ0n) is 17.7. The molecule has 0 bridgehead atoms. The van der Waals surface area contributed by atoms with E-state index in [1.807, 2.05) is 24.3 Å². The quantitative estimate of drug-likeness (QED) is 0.369. The van der Waals surface area contributed by atoms with Gasteiger partial charge in [-0.2, -0.15) is 10.1 Å². The van der Waals surface area contributed by atoms with Crippen LogP contribution in [0.3, 0.4) is 0 Å². The molecule has 10 heteroatoms.